The Balaban J connectivity index is 1.38. The number of hydrogen-bond donors (Lipinski definition) is 1. The highest BCUT2D eigenvalue weighted by Gasteiger charge is 2.22. The molecule has 3 heterocycles. The van der Waals surface area contributed by atoms with Crippen LogP contribution < -0.4 is 14.8 Å². The van der Waals surface area contributed by atoms with Crippen LogP contribution in [0.15, 0.2) is 59.7 Å². The maximum absolute atomic E-state index is 13.0. The van der Waals surface area contributed by atoms with Gasteiger partial charge in [-0.3, -0.25) is 4.79 Å². The minimum Gasteiger partial charge on any atom is -0.493 e. The van der Waals surface area contributed by atoms with Crippen molar-refractivity contribution in [1.29, 1.82) is 0 Å². The molecule has 2 aromatic carbocycles. The van der Waals surface area contributed by atoms with Gasteiger partial charge in [-0.05, 0) is 65.9 Å². The SMILES string of the molecule is [N-]=[N+]=NC1CCOc2cc3sc(C(=O)Nc4cc(Cl)nc(Oc5ccc(Cl)cc5)c4)cc3cc21. The van der Waals surface area contributed by atoms with E-state index in [9.17, 15) is 4.79 Å². The number of benzene rings is 2. The average molecular weight is 512 g/mol. The first-order valence-corrected chi connectivity index (χ1v) is 11.7. The molecule has 2 aromatic heterocycles. The van der Waals surface area contributed by atoms with E-state index < -0.39 is 0 Å². The molecule has 0 bridgehead atoms. The standard InChI is InChI=1S/C23H15Cl2N5O3S/c24-13-1-3-15(4-2-13)33-22-10-14(9-21(25)28-22)27-23(31)20-8-12-7-16-17(29-30-26)5-6-32-18(16)11-19(12)34-20/h1-4,7-11,17H,5-6H2,(H,27,28,31). The van der Waals surface area contributed by atoms with Crippen LogP contribution in [0.3, 0.4) is 0 Å². The molecule has 34 heavy (non-hydrogen) atoms. The largest absolute Gasteiger partial charge is 0.493 e. The van der Waals surface area contributed by atoms with Crippen LogP contribution in [0.1, 0.15) is 27.7 Å². The van der Waals surface area contributed by atoms with Gasteiger partial charge in [-0.1, -0.05) is 28.3 Å². The minimum absolute atomic E-state index is 0.173. The maximum atomic E-state index is 13.0. The molecule has 0 saturated heterocycles. The number of azide groups is 1. The number of anilines is 1. The number of ether oxygens (including phenoxy) is 2. The minimum atomic E-state index is -0.300. The summed E-state index contributed by atoms with van der Waals surface area (Å²) in [6.07, 6.45) is 0.614. The summed E-state index contributed by atoms with van der Waals surface area (Å²) in [6, 6.07) is 15.2. The molecule has 0 radical (unpaired) electrons. The maximum Gasteiger partial charge on any atom is 0.265 e. The first kappa shape index (κ1) is 22.3. The third-order valence-corrected chi connectivity index (χ3v) is 6.68. The Morgan fingerprint density at radius 3 is 2.82 bits per heavy atom. The van der Waals surface area contributed by atoms with Crippen molar-refractivity contribution in [3.63, 3.8) is 0 Å². The number of halogens is 2. The lowest BCUT2D eigenvalue weighted by molar-refractivity contribution is 0.103. The topological polar surface area (TPSA) is 109 Å². The molecule has 5 rings (SSSR count). The summed E-state index contributed by atoms with van der Waals surface area (Å²) in [6.45, 7) is 0.476. The summed E-state index contributed by atoms with van der Waals surface area (Å²) in [5, 5.41) is 8.34. The highest BCUT2D eigenvalue weighted by Crippen LogP contribution is 2.40. The van der Waals surface area contributed by atoms with Gasteiger partial charge >= 0.3 is 0 Å². The Bertz CT molecular complexity index is 1450. The van der Waals surface area contributed by atoms with Gasteiger partial charge in [-0.15, -0.1) is 11.3 Å². The number of carbonyl (C=O) groups is 1. The Morgan fingerprint density at radius 2 is 2.03 bits per heavy atom. The lowest BCUT2D eigenvalue weighted by Crippen LogP contribution is -2.12. The summed E-state index contributed by atoms with van der Waals surface area (Å²) in [4.78, 5) is 20.6. The molecule has 1 atom stereocenters. The second-order valence-corrected chi connectivity index (χ2v) is 9.33. The van der Waals surface area contributed by atoms with Gasteiger partial charge in [0.25, 0.3) is 5.91 Å². The van der Waals surface area contributed by atoms with Crippen LogP contribution >= 0.6 is 34.5 Å². The van der Waals surface area contributed by atoms with E-state index in [1.165, 1.54) is 11.3 Å². The van der Waals surface area contributed by atoms with Crippen LogP contribution in [0.4, 0.5) is 5.69 Å². The van der Waals surface area contributed by atoms with E-state index in [0.717, 1.165) is 15.6 Å². The number of carbonyl (C=O) groups excluding carboxylic acids is 1. The predicted octanol–water partition coefficient (Wildman–Crippen LogP) is 7.78. The number of nitrogens with one attached hydrogen (secondary N) is 1. The number of hydrogen-bond acceptors (Lipinski definition) is 6. The number of aromatic nitrogens is 1. The second kappa shape index (κ2) is 9.40. The first-order valence-electron chi connectivity index (χ1n) is 10.2. The Labute approximate surface area is 207 Å². The highest BCUT2D eigenvalue weighted by molar-refractivity contribution is 7.20. The zero-order valence-electron chi connectivity index (χ0n) is 17.4. The van der Waals surface area contributed by atoms with Crippen LogP contribution in [-0.4, -0.2) is 17.5 Å². The molecular weight excluding hydrogens is 497 g/mol. The van der Waals surface area contributed by atoms with Gasteiger partial charge in [0, 0.05) is 32.0 Å². The number of rotatable bonds is 5. The molecule has 0 fully saturated rings. The summed E-state index contributed by atoms with van der Waals surface area (Å²) in [5.74, 6) is 1.14. The van der Waals surface area contributed by atoms with Crippen molar-refractivity contribution in [3.05, 3.63) is 85.7 Å². The van der Waals surface area contributed by atoms with E-state index in [0.29, 0.717) is 40.1 Å². The highest BCUT2D eigenvalue weighted by atomic mass is 35.5. The number of amides is 1. The Kier molecular flexibility index (Phi) is 6.17. The molecule has 1 unspecified atom stereocenters. The van der Waals surface area contributed by atoms with Crippen LogP contribution in [0.25, 0.3) is 20.5 Å². The number of thiophene rings is 1. The Morgan fingerprint density at radius 1 is 1.21 bits per heavy atom. The molecule has 170 valence electrons. The predicted molar refractivity (Wildman–Crippen MR) is 133 cm³/mol. The summed E-state index contributed by atoms with van der Waals surface area (Å²) >= 11 is 13.4. The van der Waals surface area contributed by atoms with Crippen molar-refractivity contribution in [2.24, 2.45) is 5.11 Å². The van der Waals surface area contributed by atoms with E-state index in [2.05, 4.69) is 20.3 Å². The second-order valence-electron chi connectivity index (χ2n) is 7.42. The van der Waals surface area contributed by atoms with Crippen molar-refractivity contribution < 1.29 is 14.3 Å². The molecule has 1 amide bonds. The van der Waals surface area contributed by atoms with E-state index in [1.807, 2.05) is 12.1 Å². The van der Waals surface area contributed by atoms with Crippen molar-refractivity contribution in [2.75, 3.05) is 11.9 Å². The van der Waals surface area contributed by atoms with Gasteiger partial charge in [-0.2, -0.15) is 0 Å². The van der Waals surface area contributed by atoms with Gasteiger partial charge in [-0.25, -0.2) is 4.98 Å². The third kappa shape index (κ3) is 4.73. The molecule has 1 aliphatic rings. The number of pyridine rings is 1. The summed E-state index contributed by atoms with van der Waals surface area (Å²) in [5.41, 5.74) is 10.1. The van der Waals surface area contributed by atoms with Crippen LogP contribution in [0.5, 0.6) is 17.4 Å². The van der Waals surface area contributed by atoms with Gasteiger partial charge in [0.15, 0.2) is 0 Å². The van der Waals surface area contributed by atoms with Crippen molar-refractivity contribution >= 4 is 56.2 Å². The molecule has 0 saturated carbocycles. The molecule has 11 heteroatoms. The van der Waals surface area contributed by atoms with Crippen LogP contribution in [0, 0.1) is 0 Å². The lowest BCUT2D eigenvalue weighted by Gasteiger charge is -2.22. The van der Waals surface area contributed by atoms with Crippen LogP contribution in [-0.2, 0) is 0 Å². The number of fused-ring (bicyclic) bond motifs is 2. The summed E-state index contributed by atoms with van der Waals surface area (Å²) in [7, 11) is 0. The molecular formula is C23H15Cl2N5O3S. The van der Waals surface area contributed by atoms with E-state index in [1.54, 1.807) is 42.5 Å². The fourth-order valence-corrected chi connectivity index (χ4v) is 4.91. The quantitative estimate of drug-likeness (QED) is 0.127. The molecule has 0 aliphatic carbocycles. The molecule has 1 N–H and O–H groups in total. The van der Waals surface area contributed by atoms with Crippen molar-refractivity contribution in [1.82, 2.24) is 4.98 Å². The van der Waals surface area contributed by atoms with E-state index in [4.69, 9.17) is 38.2 Å². The zero-order valence-corrected chi connectivity index (χ0v) is 19.7. The third-order valence-electron chi connectivity index (χ3n) is 5.14. The fraction of sp³-hybridized carbons (Fsp3) is 0.130. The molecule has 8 nitrogen and oxygen atoms in total. The zero-order chi connectivity index (χ0) is 23.7. The van der Waals surface area contributed by atoms with Gasteiger partial charge in [0.05, 0.1) is 17.5 Å². The smallest absolute Gasteiger partial charge is 0.265 e. The van der Waals surface area contributed by atoms with Crippen LogP contribution in [0.2, 0.25) is 10.2 Å². The molecule has 0 spiro atoms. The lowest BCUT2D eigenvalue weighted by atomic mass is 10.00. The van der Waals surface area contributed by atoms with E-state index in [-0.39, 0.29) is 23.0 Å². The fourth-order valence-electron chi connectivity index (χ4n) is 3.61. The Hall–Kier alpha value is -3.49. The molecule has 1 aliphatic heterocycles. The first-order chi connectivity index (χ1) is 16.5. The van der Waals surface area contributed by atoms with Gasteiger partial charge in [0.2, 0.25) is 5.88 Å². The van der Waals surface area contributed by atoms with Gasteiger partial charge in [0.1, 0.15) is 16.7 Å². The number of nitrogens with zero attached hydrogens (tertiary/aromatic N) is 4. The van der Waals surface area contributed by atoms with Crippen molar-refractivity contribution in [2.45, 2.75) is 12.5 Å². The van der Waals surface area contributed by atoms with Gasteiger partial charge < -0.3 is 14.8 Å². The monoisotopic (exact) mass is 511 g/mol. The average Bonchev–Trinajstić information content (AvgIpc) is 3.22. The van der Waals surface area contributed by atoms with Crippen molar-refractivity contribution in [3.8, 4) is 17.4 Å². The summed E-state index contributed by atoms with van der Waals surface area (Å²) < 4.78 is 12.4. The molecule has 4 aromatic rings. The van der Waals surface area contributed by atoms with E-state index >= 15 is 0 Å². The normalized spacial score (nSPS) is 14.6.